The molecule has 0 aliphatic rings. The highest BCUT2D eigenvalue weighted by Gasteiger charge is 2.31. The summed E-state index contributed by atoms with van der Waals surface area (Å²) in [6.07, 6.45) is 5.78. The second-order valence-electron chi connectivity index (χ2n) is 5.27. The summed E-state index contributed by atoms with van der Waals surface area (Å²) < 4.78 is 0. The zero-order chi connectivity index (χ0) is 13.8. The number of amides is 1. The van der Waals surface area contributed by atoms with Crippen LogP contribution >= 0.6 is 0 Å². The van der Waals surface area contributed by atoms with Crippen LogP contribution in [0.25, 0.3) is 0 Å². The minimum Gasteiger partial charge on any atom is -0.339 e. The van der Waals surface area contributed by atoms with Crippen LogP contribution in [0, 0.1) is 17.8 Å². The first-order valence-corrected chi connectivity index (χ1v) is 6.16. The molecule has 1 aromatic rings. The summed E-state index contributed by atoms with van der Waals surface area (Å²) in [4.78, 5) is 14.2. The first-order valence-electron chi connectivity index (χ1n) is 6.16. The molecular weight excluding hydrogens is 222 g/mol. The number of terminal acetylenes is 1. The van der Waals surface area contributed by atoms with Gasteiger partial charge in [-0.15, -0.1) is 12.3 Å². The van der Waals surface area contributed by atoms with Gasteiger partial charge in [-0.05, 0) is 12.5 Å². The first kappa shape index (κ1) is 14.3. The predicted octanol–water partition coefficient (Wildman–Crippen LogP) is 3.26. The van der Waals surface area contributed by atoms with Crippen molar-refractivity contribution in [3.63, 3.8) is 0 Å². The average Bonchev–Trinajstić information content (AvgIpc) is 2.37. The van der Waals surface area contributed by atoms with Crippen LogP contribution < -0.4 is 0 Å². The van der Waals surface area contributed by atoms with Crippen molar-refractivity contribution < 1.29 is 4.79 Å². The third-order valence-electron chi connectivity index (χ3n) is 3.31. The van der Waals surface area contributed by atoms with Crippen molar-refractivity contribution in [2.75, 3.05) is 7.05 Å². The number of carbonyl (C=O) groups is 1. The summed E-state index contributed by atoms with van der Waals surface area (Å²) in [6, 6.07) is 10.1. The van der Waals surface area contributed by atoms with E-state index in [0.717, 1.165) is 5.56 Å². The van der Waals surface area contributed by atoms with E-state index in [-0.39, 0.29) is 11.9 Å². The number of benzene rings is 1. The van der Waals surface area contributed by atoms with Gasteiger partial charge < -0.3 is 4.90 Å². The third-order valence-corrected chi connectivity index (χ3v) is 3.31. The van der Waals surface area contributed by atoms with Crippen LogP contribution in [0.4, 0.5) is 0 Å². The molecule has 0 fully saturated rings. The maximum atomic E-state index is 12.4. The topological polar surface area (TPSA) is 20.3 Å². The van der Waals surface area contributed by atoms with Gasteiger partial charge in [-0.3, -0.25) is 4.79 Å². The van der Waals surface area contributed by atoms with Gasteiger partial charge in [0.1, 0.15) is 0 Å². The highest BCUT2D eigenvalue weighted by Crippen LogP contribution is 2.27. The Morgan fingerprint density at radius 1 is 1.39 bits per heavy atom. The molecule has 0 radical (unpaired) electrons. The Labute approximate surface area is 110 Å². The minimum atomic E-state index is -0.507. The molecule has 0 heterocycles. The molecule has 0 aliphatic carbocycles. The van der Waals surface area contributed by atoms with Crippen molar-refractivity contribution in [2.45, 2.75) is 33.2 Å². The standard InChI is InChI=1S/C16H21NO/c1-6-12-16(3,4)15(18)17(5)13(2)14-10-8-7-9-11-14/h1,7-11,13H,12H2,2-5H3. The minimum absolute atomic E-state index is 0.0516. The van der Waals surface area contributed by atoms with Crippen LogP contribution in [0.5, 0.6) is 0 Å². The molecule has 2 heteroatoms. The molecule has 1 atom stereocenters. The number of rotatable bonds is 4. The highest BCUT2D eigenvalue weighted by molar-refractivity contribution is 5.82. The van der Waals surface area contributed by atoms with Crippen molar-refractivity contribution >= 4 is 5.91 Å². The van der Waals surface area contributed by atoms with Crippen LogP contribution in [0.1, 0.15) is 38.8 Å². The molecule has 0 bridgehead atoms. The van der Waals surface area contributed by atoms with Gasteiger partial charge in [0.25, 0.3) is 0 Å². The number of hydrogen-bond donors (Lipinski definition) is 0. The maximum absolute atomic E-state index is 12.4. The van der Waals surface area contributed by atoms with Gasteiger partial charge in [-0.2, -0.15) is 0 Å². The molecule has 2 nitrogen and oxygen atoms in total. The van der Waals surface area contributed by atoms with Gasteiger partial charge in [0.15, 0.2) is 0 Å². The molecule has 1 aromatic carbocycles. The molecule has 0 saturated heterocycles. The summed E-state index contributed by atoms with van der Waals surface area (Å²) in [5, 5.41) is 0. The van der Waals surface area contributed by atoms with Crippen molar-refractivity contribution in [2.24, 2.45) is 5.41 Å². The zero-order valence-corrected chi connectivity index (χ0v) is 11.6. The zero-order valence-electron chi connectivity index (χ0n) is 11.6. The molecule has 1 rings (SSSR count). The number of hydrogen-bond acceptors (Lipinski definition) is 1. The third kappa shape index (κ3) is 3.13. The smallest absolute Gasteiger partial charge is 0.229 e. The second-order valence-corrected chi connectivity index (χ2v) is 5.27. The van der Waals surface area contributed by atoms with E-state index in [1.807, 2.05) is 58.2 Å². The van der Waals surface area contributed by atoms with Crippen LogP contribution in [0.3, 0.4) is 0 Å². The van der Waals surface area contributed by atoms with Crippen LogP contribution in [-0.4, -0.2) is 17.9 Å². The van der Waals surface area contributed by atoms with Crippen LogP contribution in [0.2, 0.25) is 0 Å². The van der Waals surface area contributed by atoms with Gasteiger partial charge in [-0.1, -0.05) is 44.2 Å². The normalized spacial score (nSPS) is 12.6. The van der Waals surface area contributed by atoms with E-state index in [0.29, 0.717) is 6.42 Å². The molecule has 0 aliphatic heterocycles. The largest absolute Gasteiger partial charge is 0.339 e. The maximum Gasteiger partial charge on any atom is 0.229 e. The fourth-order valence-electron chi connectivity index (χ4n) is 1.94. The summed E-state index contributed by atoms with van der Waals surface area (Å²) >= 11 is 0. The Hall–Kier alpha value is -1.75. The summed E-state index contributed by atoms with van der Waals surface area (Å²) in [5.74, 6) is 2.66. The second kappa shape index (κ2) is 5.73. The molecule has 0 spiro atoms. The molecular formula is C16H21NO. The monoisotopic (exact) mass is 243 g/mol. The van der Waals surface area contributed by atoms with Crippen molar-refractivity contribution in [3.05, 3.63) is 35.9 Å². The lowest BCUT2D eigenvalue weighted by Gasteiger charge is -2.32. The van der Waals surface area contributed by atoms with Gasteiger partial charge >= 0.3 is 0 Å². The molecule has 0 aromatic heterocycles. The lowest BCUT2D eigenvalue weighted by atomic mass is 9.87. The highest BCUT2D eigenvalue weighted by atomic mass is 16.2. The van der Waals surface area contributed by atoms with Crippen molar-refractivity contribution in [3.8, 4) is 12.3 Å². The quantitative estimate of drug-likeness (QED) is 0.743. The van der Waals surface area contributed by atoms with Gasteiger partial charge in [-0.25, -0.2) is 0 Å². The van der Waals surface area contributed by atoms with Gasteiger partial charge in [0.2, 0.25) is 5.91 Å². The predicted molar refractivity (Wildman–Crippen MR) is 74.9 cm³/mol. The van der Waals surface area contributed by atoms with E-state index in [2.05, 4.69) is 5.92 Å². The summed E-state index contributed by atoms with van der Waals surface area (Å²) in [6.45, 7) is 5.81. The van der Waals surface area contributed by atoms with E-state index in [1.54, 1.807) is 4.90 Å². The number of nitrogens with zero attached hydrogens (tertiary/aromatic N) is 1. The van der Waals surface area contributed by atoms with Crippen LogP contribution in [0.15, 0.2) is 30.3 Å². The molecule has 96 valence electrons. The molecule has 0 saturated carbocycles. The van der Waals surface area contributed by atoms with E-state index < -0.39 is 5.41 Å². The molecule has 18 heavy (non-hydrogen) atoms. The molecule has 0 N–H and O–H groups in total. The van der Waals surface area contributed by atoms with E-state index in [1.165, 1.54) is 0 Å². The van der Waals surface area contributed by atoms with Gasteiger partial charge in [0.05, 0.1) is 11.5 Å². The summed E-state index contributed by atoms with van der Waals surface area (Å²) in [5.41, 5.74) is 0.622. The Bertz CT molecular complexity index is 442. The summed E-state index contributed by atoms with van der Waals surface area (Å²) in [7, 11) is 1.83. The average molecular weight is 243 g/mol. The lowest BCUT2D eigenvalue weighted by molar-refractivity contribution is -0.140. The number of carbonyl (C=O) groups excluding carboxylic acids is 1. The molecule has 1 amide bonds. The van der Waals surface area contributed by atoms with E-state index >= 15 is 0 Å². The Morgan fingerprint density at radius 2 is 1.94 bits per heavy atom. The fraction of sp³-hybridized carbons (Fsp3) is 0.438. The molecule has 1 unspecified atom stereocenters. The van der Waals surface area contributed by atoms with Crippen molar-refractivity contribution in [1.29, 1.82) is 0 Å². The van der Waals surface area contributed by atoms with Gasteiger partial charge in [0, 0.05) is 13.5 Å². The SMILES string of the molecule is C#CCC(C)(C)C(=O)N(C)C(C)c1ccccc1. The van der Waals surface area contributed by atoms with E-state index in [9.17, 15) is 4.79 Å². The Morgan fingerprint density at radius 3 is 2.44 bits per heavy atom. The van der Waals surface area contributed by atoms with Crippen molar-refractivity contribution in [1.82, 2.24) is 4.90 Å². The first-order chi connectivity index (χ1) is 8.40. The van der Waals surface area contributed by atoms with E-state index in [4.69, 9.17) is 6.42 Å². The van der Waals surface area contributed by atoms with Crippen LogP contribution in [-0.2, 0) is 4.79 Å². The Kier molecular flexibility index (Phi) is 4.55. The Balaban J connectivity index is 2.85. The fourth-order valence-corrected chi connectivity index (χ4v) is 1.94. The lowest BCUT2D eigenvalue weighted by Crippen LogP contribution is -2.39.